The molecule has 2 aromatic rings. The molecule has 25 heavy (non-hydrogen) atoms. The highest BCUT2D eigenvalue weighted by Gasteiger charge is 2.36. The molecule has 3 rings (SSSR count). The van der Waals surface area contributed by atoms with Gasteiger partial charge in [0.25, 0.3) is 11.1 Å². The molecule has 0 bridgehead atoms. The van der Waals surface area contributed by atoms with E-state index in [0.717, 1.165) is 22.2 Å². The van der Waals surface area contributed by atoms with Crippen molar-refractivity contribution in [3.8, 4) is 5.75 Å². The number of hydrogen-bond acceptors (Lipinski definition) is 7. The first-order chi connectivity index (χ1) is 12.1. The molecule has 7 nitrogen and oxygen atoms in total. The molecule has 1 aliphatic rings. The zero-order valence-electron chi connectivity index (χ0n) is 13.1. The molecule has 9 heteroatoms. The Balaban J connectivity index is 1.68. The highest BCUT2D eigenvalue weighted by molar-refractivity contribution is 8.18. The number of anilines is 1. The van der Waals surface area contributed by atoms with E-state index in [0.29, 0.717) is 10.9 Å². The van der Waals surface area contributed by atoms with Crippen molar-refractivity contribution < 1.29 is 19.1 Å². The van der Waals surface area contributed by atoms with Crippen LogP contribution in [-0.4, -0.2) is 40.6 Å². The topological polar surface area (TPSA) is 88.6 Å². The lowest BCUT2D eigenvalue weighted by Gasteiger charge is -2.11. The Bertz CT molecular complexity index is 832. The fraction of sp³-hybridized carbons (Fsp3) is 0.125. The summed E-state index contributed by atoms with van der Waals surface area (Å²) in [4.78, 5) is 41.5. The van der Waals surface area contributed by atoms with Gasteiger partial charge in [0.2, 0.25) is 5.91 Å². The monoisotopic (exact) mass is 375 g/mol. The number of thiazole rings is 1. The molecule has 0 radical (unpaired) electrons. The smallest absolute Gasteiger partial charge is 0.294 e. The van der Waals surface area contributed by atoms with E-state index in [1.165, 1.54) is 11.3 Å². The molecule has 0 unspecified atom stereocenters. The Kier molecular flexibility index (Phi) is 5.15. The molecule has 128 valence electrons. The van der Waals surface area contributed by atoms with Crippen molar-refractivity contribution in [3.63, 3.8) is 0 Å². The lowest BCUT2D eigenvalue weighted by atomic mass is 10.2. The quantitative estimate of drug-likeness (QED) is 0.809. The summed E-state index contributed by atoms with van der Waals surface area (Å²) >= 11 is 2.07. The molecule has 1 aromatic carbocycles. The lowest BCUT2D eigenvalue weighted by molar-refractivity contribution is -0.127. The van der Waals surface area contributed by atoms with Crippen LogP contribution in [0.25, 0.3) is 6.08 Å². The molecule has 1 aromatic heterocycles. The van der Waals surface area contributed by atoms with Crippen molar-refractivity contribution in [2.45, 2.75) is 0 Å². The van der Waals surface area contributed by atoms with E-state index >= 15 is 0 Å². The number of nitrogens with zero attached hydrogens (tertiary/aromatic N) is 2. The van der Waals surface area contributed by atoms with Crippen LogP contribution < -0.4 is 10.1 Å². The maximum absolute atomic E-state index is 12.4. The number of carbonyl (C=O) groups excluding carboxylic acids is 3. The number of carbonyl (C=O) groups is 3. The van der Waals surface area contributed by atoms with Gasteiger partial charge in [0.15, 0.2) is 5.13 Å². The molecule has 2 heterocycles. The molecule has 3 amide bonds. The first-order valence-electron chi connectivity index (χ1n) is 7.15. The van der Waals surface area contributed by atoms with E-state index in [2.05, 4.69) is 10.3 Å². The van der Waals surface area contributed by atoms with E-state index < -0.39 is 17.1 Å². The lowest BCUT2D eigenvalue weighted by Crippen LogP contribution is -2.36. The van der Waals surface area contributed by atoms with Crippen LogP contribution in [0.2, 0.25) is 0 Å². The summed E-state index contributed by atoms with van der Waals surface area (Å²) < 4.78 is 5.08. The summed E-state index contributed by atoms with van der Waals surface area (Å²) in [7, 11) is 1.57. The number of benzene rings is 1. The summed E-state index contributed by atoms with van der Waals surface area (Å²) in [6.45, 7) is -0.343. The van der Waals surface area contributed by atoms with E-state index in [1.807, 2.05) is 0 Å². The number of methoxy groups -OCH3 is 1. The molecular formula is C16H13N3O4S2. The number of rotatable bonds is 5. The summed E-state index contributed by atoms with van der Waals surface area (Å²) in [6.07, 6.45) is 3.17. The van der Waals surface area contributed by atoms with Crippen molar-refractivity contribution in [1.82, 2.24) is 9.88 Å². The molecule has 1 N–H and O–H groups in total. The van der Waals surface area contributed by atoms with Gasteiger partial charge in [-0.1, -0.05) is 12.1 Å². The Morgan fingerprint density at radius 1 is 1.32 bits per heavy atom. The van der Waals surface area contributed by atoms with Crippen LogP contribution in [0.3, 0.4) is 0 Å². The normalized spacial score (nSPS) is 15.7. The van der Waals surface area contributed by atoms with Crippen LogP contribution >= 0.6 is 23.1 Å². The largest absolute Gasteiger partial charge is 0.497 e. The third-order valence-electron chi connectivity index (χ3n) is 3.27. The van der Waals surface area contributed by atoms with Gasteiger partial charge in [0, 0.05) is 11.6 Å². The number of aromatic nitrogens is 1. The first kappa shape index (κ1) is 17.2. The van der Waals surface area contributed by atoms with Crippen molar-refractivity contribution in [1.29, 1.82) is 0 Å². The van der Waals surface area contributed by atoms with Gasteiger partial charge < -0.3 is 10.1 Å². The zero-order chi connectivity index (χ0) is 17.8. The van der Waals surface area contributed by atoms with E-state index in [1.54, 1.807) is 49.0 Å². The number of nitrogens with one attached hydrogen (secondary N) is 1. The molecule has 0 saturated carbocycles. The Labute approximate surface area is 151 Å². The highest BCUT2D eigenvalue weighted by atomic mass is 32.2. The number of hydrogen-bond donors (Lipinski definition) is 1. The molecule has 1 aliphatic heterocycles. The molecule has 0 spiro atoms. The van der Waals surface area contributed by atoms with Crippen LogP contribution in [-0.2, 0) is 9.59 Å². The third kappa shape index (κ3) is 4.06. The first-order valence-corrected chi connectivity index (χ1v) is 8.85. The van der Waals surface area contributed by atoms with Gasteiger partial charge in [-0.15, -0.1) is 11.3 Å². The Morgan fingerprint density at radius 2 is 2.08 bits per heavy atom. The maximum atomic E-state index is 12.4. The predicted octanol–water partition coefficient (Wildman–Crippen LogP) is 2.83. The van der Waals surface area contributed by atoms with Gasteiger partial charge in [-0.3, -0.25) is 19.3 Å². The van der Waals surface area contributed by atoms with Gasteiger partial charge in [0.05, 0.1) is 12.0 Å². The van der Waals surface area contributed by atoms with E-state index in [-0.39, 0.29) is 11.4 Å². The minimum atomic E-state index is -0.486. The SMILES string of the molecule is COc1ccc(C=C2SC(=O)N(CC(=O)Nc3nccs3)C2=O)cc1. The minimum Gasteiger partial charge on any atom is -0.497 e. The number of amides is 3. The van der Waals surface area contributed by atoms with Crippen molar-refractivity contribution in [3.05, 3.63) is 46.3 Å². The fourth-order valence-corrected chi connectivity index (χ4v) is 3.46. The second kappa shape index (κ2) is 7.49. The van der Waals surface area contributed by atoms with E-state index in [9.17, 15) is 14.4 Å². The standard InChI is InChI=1S/C16H13N3O4S2/c1-23-11-4-2-10(3-5-11)8-12-14(21)19(16(22)25-12)9-13(20)18-15-17-6-7-24-15/h2-8H,9H2,1H3,(H,17,18,20). The second-order valence-corrected chi connectivity index (χ2v) is 6.81. The minimum absolute atomic E-state index is 0.275. The van der Waals surface area contributed by atoms with Crippen LogP contribution in [0.5, 0.6) is 5.75 Å². The number of imide groups is 1. The number of thioether (sulfide) groups is 1. The summed E-state index contributed by atoms with van der Waals surface area (Å²) in [6, 6.07) is 7.08. The average molecular weight is 375 g/mol. The molecule has 1 saturated heterocycles. The van der Waals surface area contributed by atoms with Crippen LogP contribution in [0.15, 0.2) is 40.7 Å². The van der Waals surface area contributed by atoms with Gasteiger partial charge >= 0.3 is 0 Å². The molecule has 0 atom stereocenters. The van der Waals surface area contributed by atoms with Gasteiger partial charge in [-0.25, -0.2) is 4.98 Å². The van der Waals surface area contributed by atoms with Crippen LogP contribution in [0, 0.1) is 0 Å². The molecule has 1 fully saturated rings. The number of ether oxygens (including phenoxy) is 1. The molecular weight excluding hydrogens is 362 g/mol. The van der Waals surface area contributed by atoms with Crippen molar-refractivity contribution in [2.75, 3.05) is 19.0 Å². The fourth-order valence-electron chi connectivity index (χ4n) is 2.08. The zero-order valence-corrected chi connectivity index (χ0v) is 14.7. The Hall–Kier alpha value is -2.65. The van der Waals surface area contributed by atoms with Crippen molar-refractivity contribution in [2.24, 2.45) is 0 Å². The van der Waals surface area contributed by atoms with Gasteiger partial charge in [-0.2, -0.15) is 0 Å². The highest BCUT2D eigenvalue weighted by Crippen LogP contribution is 2.32. The summed E-state index contributed by atoms with van der Waals surface area (Å²) in [5.41, 5.74) is 0.763. The molecule has 0 aliphatic carbocycles. The second-order valence-electron chi connectivity index (χ2n) is 4.93. The summed E-state index contributed by atoms with van der Waals surface area (Å²) in [5, 5.41) is 4.21. The van der Waals surface area contributed by atoms with Crippen LogP contribution in [0.4, 0.5) is 9.93 Å². The average Bonchev–Trinajstić information content (AvgIpc) is 3.20. The van der Waals surface area contributed by atoms with Gasteiger partial charge in [-0.05, 0) is 35.5 Å². The van der Waals surface area contributed by atoms with Crippen molar-refractivity contribution >= 4 is 51.4 Å². The van der Waals surface area contributed by atoms with E-state index in [4.69, 9.17) is 4.74 Å². The maximum Gasteiger partial charge on any atom is 0.294 e. The summed E-state index contributed by atoms with van der Waals surface area (Å²) in [5.74, 6) is -0.257. The Morgan fingerprint density at radius 3 is 2.72 bits per heavy atom. The van der Waals surface area contributed by atoms with Crippen LogP contribution in [0.1, 0.15) is 5.56 Å². The third-order valence-corrected chi connectivity index (χ3v) is 4.86. The predicted molar refractivity (Wildman–Crippen MR) is 96.4 cm³/mol. The van der Waals surface area contributed by atoms with Gasteiger partial charge in [0.1, 0.15) is 12.3 Å².